The predicted octanol–water partition coefficient (Wildman–Crippen LogP) is 8.11. The van der Waals surface area contributed by atoms with Gasteiger partial charge in [0.05, 0.1) is 24.5 Å². The first-order valence-electron chi connectivity index (χ1n) is 13.4. The van der Waals surface area contributed by atoms with E-state index >= 15 is 0 Å². The Labute approximate surface area is 228 Å². The maximum Gasteiger partial charge on any atom is 0.255 e. The summed E-state index contributed by atoms with van der Waals surface area (Å²) in [6.07, 6.45) is 6.48. The number of rotatable bonds is 7. The average molecular weight is 529 g/mol. The van der Waals surface area contributed by atoms with E-state index in [2.05, 4.69) is 44.3 Å². The van der Waals surface area contributed by atoms with Crippen molar-refractivity contribution in [2.75, 3.05) is 0 Å². The number of furan rings is 1. The highest BCUT2D eigenvalue weighted by atomic mass is 32.1. The van der Waals surface area contributed by atoms with Gasteiger partial charge in [-0.15, -0.1) is 11.3 Å². The van der Waals surface area contributed by atoms with E-state index in [0.29, 0.717) is 18.0 Å². The van der Waals surface area contributed by atoms with Gasteiger partial charge in [0, 0.05) is 16.7 Å². The number of benzene rings is 2. The fourth-order valence-electron chi connectivity index (χ4n) is 5.19. The van der Waals surface area contributed by atoms with Crippen molar-refractivity contribution in [3.05, 3.63) is 82.1 Å². The molecular weight excluding hydrogens is 492 g/mol. The van der Waals surface area contributed by atoms with Crippen molar-refractivity contribution >= 4 is 39.2 Å². The van der Waals surface area contributed by atoms with Gasteiger partial charge in [-0.25, -0.2) is 4.99 Å². The van der Waals surface area contributed by atoms with Gasteiger partial charge in [-0.05, 0) is 79.0 Å². The number of thiophene rings is 1. The number of fused-ring (bicyclic) bond motifs is 2. The minimum atomic E-state index is -0.100. The van der Waals surface area contributed by atoms with Gasteiger partial charge in [0.2, 0.25) is 0 Å². The molecule has 0 saturated heterocycles. The average Bonchev–Trinajstić information content (AvgIpc) is 3.53. The van der Waals surface area contributed by atoms with Crippen LogP contribution in [0.15, 0.2) is 64.2 Å². The molecule has 4 aromatic rings. The first-order chi connectivity index (χ1) is 18.2. The Morgan fingerprint density at radius 2 is 2.00 bits per heavy atom. The summed E-state index contributed by atoms with van der Waals surface area (Å²) in [5.74, 6) is 2.00. The van der Waals surface area contributed by atoms with Crippen LogP contribution < -0.4 is 10.1 Å². The number of ether oxygens (including phenoxy) is 1. The highest BCUT2D eigenvalue weighted by molar-refractivity contribution is 7.16. The van der Waals surface area contributed by atoms with Crippen LogP contribution in [-0.4, -0.2) is 18.2 Å². The third-order valence-corrected chi connectivity index (χ3v) is 8.47. The molecule has 5 nitrogen and oxygen atoms in total. The topological polar surface area (TPSA) is 63.8 Å². The van der Waals surface area contributed by atoms with Crippen molar-refractivity contribution in [1.29, 1.82) is 0 Å². The molecule has 0 unspecified atom stereocenters. The van der Waals surface area contributed by atoms with E-state index in [-0.39, 0.29) is 17.4 Å². The molecule has 6 heteroatoms. The molecule has 1 aliphatic rings. The van der Waals surface area contributed by atoms with Gasteiger partial charge >= 0.3 is 0 Å². The SMILES string of the molecule is CC(C)Oc1ccc2ccccc2c1C=Nc1sc2c(c1C(=O)NCc1ccco1)CC[C@@H](C(C)(C)C)C2. The van der Waals surface area contributed by atoms with E-state index in [9.17, 15) is 4.79 Å². The monoisotopic (exact) mass is 528 g/mol. The zero-order chi connectivity index (χ0) is 26.9. The van der Waals surface area contributed by atoms with Gasteiger partial charge in [0.15, 0.2) is 0 Å². The summed E-state index contributed by atoms with van der Waals surface area (Å²) in [7, 11) is 0. The maximum absolute atomic E-state index is 13.6. The predicted molar refractivity (Wildman–Crippen MR) is 156 cm³/mol. The van der Waals surface area contributed by atoms with Crippen molar-refractivity contribution in [2.45, 2.75) is 66.5 Å². The van der Waals surface area contributed by atoms with Crippen LogP contribution in [0.2, 0.25) is 0 Å². The van der Waals surface area contributed by atoms with Crippen LogP contribution in [0, 0.1) is 11.3 Å². The van der Waals surface area contributed by atoms with Crippen molar-refractivity contribution in [1.82, 2.24) is 5.32 Å². The molecule has 1 N–H and O–H groups in total. The summed E-state index contributed by atoms with van der Waals surface area (Å²) in [5, 5.41) is 6.02. The van der Waals surface area contributed by atoms with Crippen molar-refractivity contribution in [3.8, 4) is 5.75 Å². The van der Waals surface area contributed by atoms with E-state index in [0.717, 1.165) is 57.7 Å². The van der Waals surface area contributed by atoms with Crippen LogP contribution in [-0.2, 0) is 19.4 Å². The number of carbonyl (C=O) groups excluding carboxylic acids is 1. The summed E-state index contributed by atoms with van der Waals surface area (Å²) in [5.41, 5.74) is 3.00. The molecule has 198 valence electrons. The van der Waals surface area contributed by atoms with Crippen molar-refractivity contribution in [3.63, 3.8) is 0 Å². The lowest BCUT2D eigenvalue weighted by Gasteiger charge is -2.33. The zero-order valence-electron chi connectivity index (χ0n) is 22.8. The second kappa shape index (κ2) is 10.8. The third kappa shape index (κ3) is 5.56. The molecule has 38 heavy (non-hydrogen) atoms. The van der Waals surface area contributed by atoms with E-state index < -0.39 is 0 Å². The fraction of sp³-hybridized carbons (Fsp3) is 0.375. The lowest BCUT2D eigenvalue weighted by molar-refractivity contribution is 0.0947. The molecule has 0 radical (unpaired) electrons. The number of hydrogen-bond acceptors (Lipinski definition) is 5. The number of aliphatic imine (C=N–C) groups is 1. The van der Waals surface area contributed by atoms with E-state index in [4.69, 9.17) is 14.1 Å². The summed E-state index contributed by atoms with van der Waals surface area (Å²) in [6, 6.07) is 16.0. The molecule has 0 spiro atoms. The first-order valence-corrected chi connectivity index (χ1v) is 14.2. The summed E-state index contributed by atoms with van der Waals surface area (Å²) in [4.78, 5) is 19.8. The minimum Gasteiger partial charge on any atom is -0.490 e. The molecule has 2 aromatic heterocycles. The Bertz CT molecular complexity index is 1460. The smallest absolute Gasteiger partial charge is 0.255 e. The summed E-state index contributed by atoms with van der Waals surface area (Å²) >= 11 is 1.65. The zero-order valence-corrected chi connectivity index (χ0v) is 23.7. The van der Waals surface area contributed by atoms with Gasteiger partial charge in [-0.2, -0.15) is 0 Å². The lowest BCUT2D eigenvalue weighted by Crippen LogP contribution is -2.28. The Morgan fingerprint density at radius 3 is 2.74 bits per heavy atom. The standard InChI is InChI=1S/C32H36N2O3S/c1-20(2)37-27-15-12-21-9-6-7-11-24(21)26(27)19-34-31-29(30(35)33-18-23-10-8-16-36-23)25-14-13-22(32(3,4)5)17-28(25)38-31/h6-12,15-16,19-20,22H,13-14,17-18H2,1-5H3,(H,33,35)/t22-/m1/s1. The first kappa shape index (κ1) is 26.2. The summed E-state index contributed by atoms with van der Waals surface area (Å²) < 4.78 is 11.6. The summed E-state index contributed by atoms with van der Waals surface area (Å²) in [6.45, 7) is 11.3. The third-order valence-electron chi connectivity index (χ3n) is 7.31. The highest BCUT2D eigenvalue weighted by Crippen LogP contribution is 2.45. The molecule has 2 heterocycles. The second-order valence-corrected chi connectivity index (χ2v) is 12.5. The molecule has 1 atom stereocenters. The minimum absolute atomic E-state index is 0.0367. The van der Waals surface area contributed by atoms with E-state index in [1.165, 1.54) is 4.88 Å². The van der Waals surface area contributed by atoms with Gasteiger partial charge < -0.3 is 14.5 Å². The number of nitrogens with one attached hydrogen (secondary N) is 1. The molecule has 0 saturated carbocycles. The number of amides is 1. The van der Waals surface area contributed by atoms with Gasteiger partial charge in [0.1, 0.15) is 16.5 Å². The normalized spacial score (nSPS) is 15.8. The molecule has 1 amide bonds. The van der Waals surface area contributed by atoms with Crippen LogP contribution in [0.4, 0.5) is 5.00 Å². The van der Waals surface area contributed by atoms with Gasteiger partial charge in [-0.3, -0.25) is 4.79 Å². The van der Waals surface area contributed by atoms with Crippen LogP contribution in [0.5, 0.6) is 5.75 Å². The lowest BCUT2D eigenvalue weighted by atomic mass is 9.72. The van der Waals surface area contributed by atoms with Gasteiger partial charge in [-0.1, -0.05) is 51.1 Å². The Morgan fingerprint density at radius 1 is 1.18 bits per heavy atom. The molecule has 0 aliphatic heterocycles. The van der Waals surface area contributed by atoms with Crippen LogP contribution in [0.1, 0.15) is 73.2 Å². The highest BCUT2D eigenvalue weighted by Gasteiger charge is 2.33. The van der Waals surface area contributed by atoms with Crippen molar-refractivity contribution in [2.24, 2.45) is 16.3 Å². The van der Waals surface area contributed by atoms with E-state index in [1.54, 1.807) is 17.6 Å². The van der Waals surface area contributed by atoms with Crippen molar-refractivity contribution < 1.29 is 13.9 Å². The second-order valence-electron chi connectivity index (χ2n) is 11.4. The number of carbonyl (C=O) groups is 1. The van der Waals surface area contributed by atoms with E-state index in [1.807, 2.05) is 50.4 Å². The van der Waals surface area contributed by atoms with Crippen LogP contribution >= 0.6 is 11.3 Å². The van der Waals surface area contributed by atoms with Gasteiger partial charge in [0.25, 0.3) is 5.91 Å². The molecule has 5 rings (SSSR count). The maximum atomic E-state index is 13.6. The quantitative estimate of drug-likeness (QED) is 0.246. The Balaban J connectivity index is 1.55. The van der Waals surface area contributed by atoms with Crippen LogP contribution in [0.3, 0.4) is 0 Å². The largest absolute Gasteiger partial charge is 0.490 e. The Kier molecular flexibility index (Phi) is 7.44. The number of hydrogen-bond donors (Lipinski definition) is 1. The van der Waals surface area contributed by atoms with Crippen LogP contribution in [0.25, 0.3) is 10.8 Å². The molecule has 0 fully saturated rings. The Hall–Kier alpha value is -3.38. The molecular formula is C32H36N2O3S. The molecule has 0 bridgehead atoms. The molecule has 1 aliphatic carbocycles. The fourth-order valence-corrected chi connectivity index (χ4v) is 6.46. The molecule has 2 aromatic carbocycles. The number of nitrogens with zero attached hydrogens (tertiary/aromatic N) is 1.